The number of carbonyl (C=O) groups is 1. The van der Waals surface area contributed by atoms with Crippen LogP contribution in [0.25, 0.3) is 0 Å². The number of hydrogen-bond acceptors (Lipinski definition) is 6. The molecule has 150 valence electrons. The maximum absolute atomic E-state index is 12.9. The van der Waals surface area contributed by atoms with Crippen molar-refractivity contribution in [1.29, 1.82) is 0 Å². The number of nitrogens with two attached hydrogens (primary N) is 1. The zero-order valence-corrected chi connectivity index (χ0v) is 17.0. The fraction of sp³-hybridized carbons (Fsp3) is 0.450. The lowest BCUT2D eigenvalue weighted by atomic mass is 9.91. The lowest BCUT2D eigenvalue weighted by molar-refractivity contribution is -0.107. The van der Waals surface area contributed by atoms with Crippen LogP contribution in [0.5, 0.6) is 0 Å². The summed E-state index contributed by atoms with van der Waals surface area (Å²) < 4.78 is 12.9. The van der Waals surface area contributed by atoms with Crippen LogP contribution in [0.1, 0.15) is 37.7 Å². The molecule has 1 fully saturated rings. The molecule has 3 N–H and O–H groups in total. The first-order valence-corrected chi connectivity index (χ1v) is 10.9. The van der Waals surface area contributed by atoms with Crippen molar-refractivity contribution in [2.45, 2.75) is 43.8 Å². The zero-order valence-electron chi connectivity index (χ0n) is 16.1. The van der Waals surface area contributed by atoms with E-state index in [4.69, 9.17) is 5.73 Å². The number of anilines is 3. The Hall–Kier alpha value is -2.48. The van der Waals surface area contributed by atoms with Crippen molar-refractivity contribution in [2.75, 3.05) is 28.8 Å². The van der Waals surface area contributed by atoms with E-state index in [9.17, 15) is 9.00 Å². The highest BCUT2D eigenvalue weighted by Gasteiger charge is 2.23. The van der Waals surface area contributed by atoms with E-state index in [-0.39, 0.29) is 11.0 Å². The Morgan fingerprint density at radius 1 is 1.21 bits per heavy atom. The molecular weight excluding hydrogens is 374 g/mol. The predicted molar refractivity (Wildman–Crippen MR) is 113 cm³/mol. The molecule has 0 saturated heterocycles. The van der Waals surface area contributed by atoms with Crippen LogP contribution in [0.3, 0.4) is 0 Å². The van der Waals surface area contributed by atoms with Crippen LogP contribution < -0.4 is 16.0 Å². The third-order valence-electron chi connectivity index (χ3n) is 5.06. The molecule has 1 aliphatic rings. The molecule has 8 heteroatoms. The van der Waals surface area contributed by atoms with Gasteiger partial charge in [-0.3, -0.25) is 13.9 Å². The number of carbonyl (C=O) groups excluding carboxylic acids is 1. The predicted octanol–water partition coefficient (Wildman–Crippen LogP) is 2.95. The summed E-state index contributed by atoms with van der Waals surface area (Å²) in [7, 11) is 0.348. The Morgan fingerprint density at radius 3 is 2.57 bits per heavy atom. The van der Waals surface area contributed by atoms with Crippen molar-refractivity contribution in [3.05, 3.63) is 35.9 Å². The van der Waals surface area contributed by atoms with E-state index in [0.29, 0.717) is 36.1 Å². The van der Waals surface area contributed by atoms with E-state index in [1.165, 1.54) is 24.2 Å². The van der Waals surface area contributed by atoms with Gasteiger partial charge in [-0.25, -0.2) is 9.97 Å². The fourth-order valence-corrected chi connectivity index (χ4v) is 4.88. The molecule has 0 aliphatic heterocycles. The SMILES string of the molecule is CNc1c(N)nc(S(=O)CC2CCCCC2)nc1N(C=O)Cc1ccccc1. The second-order valence-electron chi connectivity index (χ2n) is 7.08. The van der Waals surface area contributed by atoms with E-state index >= 15 is 0 Å². The number of nitrogens with zero attached hydrogens (tertiary/aromatic N) is 3. The van der Waals surface area contributed by atoms with E-state index in [1.54, 1.807) is 7.05 Å². The molecular formula is C20H27N5O2S. The normalized spacial score (nSPS) is 15.8. The molecule has 3 rings (SSSR count). The van der Waals surface area contributed by atoms with Gasteiger partial charge in [-0.15, -0.1) is 0 Å². The number of amides is 1. The van der Waals surface area contributed by atoms with Crippen molar-refractivity contribution in [3.63, 3.8) is 0 Å². The van der Waals surface area contributed by atoms with Gasteiger partial charge < -0.3 is 11.1 Å². The quantitative estimate of drug-likeness (QED) is 0.521. The number of benzene rings is 1. The van der Waals surface area contributed by atoms with Crippen LogP contribution in [0, 0.1) is 5.92 Å². The van der Waals surface area contributed by atoms with Crippen molar-refractivity contribution >= 4 is 34.5 Å². The first kappa shape index (κ1) is 20.3. The molecule has 1 saturated carbocycles. The zero-order chi connectivity index (χ0) is 19.9. The van der Waals surface area contributed by atoms with Gasteiger partial charge in [0.2, 0.25) is 11.6 Å². The summed E-state index contributed by atoms with van der Waals surface area (Å²) >= 11 is 0. The van der Waals surface area contributed by atoms with E-state index in [2.05, 4.69) is 15.3 Å². The number of aromatic nitrogens is 2. The summed E-state index contributed by atoms with van der Waals surface area (Å²) in [5.74, 6) is 1.51. The Morgan fingerprint density at radius 2 is 1.93 bits per heavy atom. The minimum atomic E-state index is -1.35. The maximum atomic E-state index is 12.9. The van der Waals surface area contributed by atoms with Gasteiger partial charge in [-0.1, -0.05) is 49.6 Å². The number of nitrogens with one attached hydrogen (secondary N) is 1. The summed E-state index contributed by atoms with van der Waals surface area (Å²) in [6.45, 7) is 0.337. The molecule has 1 heterocycles. The van der Waals surface area contributed by atoms with E-state index < -0.39 is 10.8 Å². The second kappa shape index (κ2) is 9.64. The summed E-state index contributed by atoms with van der Waals surface area (Å²) in [6.07, 6.45) is 6.52. The third-order valence-corrected chi connectivity index (χ3v) is 6.42. The van der Waals surface area contributed by atoms with Gasteiger partial charge in [-0.2, -0.15) is 0 Å². The Bertz CT molecular complexity index is 825. The van der Waals surface area contributed by atoms with Crippen LogP contribution in [-0.2, 0) is 22.1 Å². The van der Waals surface area contributed by atoms with Crippen LogP contribution in [0.2, 0.25) is 0 Å². The first-order chi connectivity index (χ1) is 13.6. The maximum Gasteiger partial charge on any atom is 0.222 e. The van der Waals surface area contributed by atoms with Gasteiger partial charge in [-0.05, 0) is 24.3 Å². The van der Waals surface area contributed by atoms with Crippen molar-refractivity contribution in [3.8, 4) is 0 Å². The highest BCUT2D eigenvalue weighted by molar-refractivity contribution is 7.84. The molecule has 1 aromatic carbocycles. The summed E-state index contributed by atoms with van der Waals surface area (Å²) in [4.78, 5) is 22.0. The summed E-state index contributed by atoms with van der Waals surface area (Å²) in [5.41, 5.74) is 7.52. The van der Waals surface area contributed by atoms with Gasteiger partial charge in [0.25, 0.3) is 0 Å². The molecule has 28 heavy (non-hydrogen) atoms. The average molecular weight is 402 g/mol. The van der Waals surface area contributed by atoms with Gasteiger partial charge in [0.15, 0.2) is 11.6 Å². The number of nitrogen functional groups attached to an aromatic ring is 1. The third kappa shape index (κ3) is 4.86. The smallest absolute Gasteiger partial charge is 0.222 e. The molecule has 1 amide bonds. The molecule has 1 unspecified atom stereocenters. The first-order valence-electron chi connectivity index (χ1n) is 9.62. The second-order valence-corrected chi connectivity index (χ2v) is 8.46. The van der Waals surface area contributed by atoms with Crippen LogP contribution in [-0.4, -0.2) is 33.4 Å². The van der Waals surface area contributed by atoms with Gasteiger partial charge in [0.05, 0.1) is 17.3 Å². The largest absolute Gasteiger partial charge is 0.382 e. The van der Waals surface area contributed by atoms with Gasteiger partial charge in [0.1, 0.15) is 5.69 Å². The van der Waals surface area contributed by atoms with Crippen molar-refractivity contribution < 1.29 is 9.00 Å². The fourth-order valence-electron chi connectivity index (χ4n) is 3.58. The Labute approximate surface area is 168 Å². The lowest BCUT2D eigenvalue weighted by Gasteiger charge is -2.22. The molecule has 1 aromatic heterocycles. The summed E-state index contributed by atoms with van der Waals surface area (Å²) in [6, 6.07) is 9.61. The Balaban J connectivity index is 1.88. The molecule has 7 nitrogen and oxygen atoms in total. The number of hydrogen-bond donors (Lipinski definition) is 2. The van der Waals surface area contributed by atoms with E-state index in [0.717, 1.165) is 18.4 Å². The molecule has 0 spiro atoms. The minimum Gasteiger partial charge on any atom is -0.382 e. The molecule has 1 atom stereocenters. The molecule has 0 bridgehead atoms. The molecule has 1 aliphatic carbocycles. The topological polar surface area (TPSA) is 101 Å². The van der Waals surface area contributed by atoms with Crippen LogP contribution >= 0.6 is 0 Å². The minimum absolute atomic E-state index is 0.192. The van der Waals surface area contributed by atoms with Crippen molar-refractivity contribution in [1.82, 2.24) is 9.97 Å². The van der Waals surface area contributed by atoms with Crippen LogP contribution in [0.4, 0.5) is 17.3 Å². The Kier molecular flexibility index (Phi) is 6.97. The van der Waals surface area contributed by atoms with E-state index in [1.807, 2.05) is 30.3 Å². The number of rotatable bonds is 8. The summed E-state index contributed by atoms with van der Waals surface area (Å²) in [5, 5.41) is 3.15. The molecule has 0 radical (unpaired) electrons. The average Bonchev–Trinajstić information content (AvgIpc) is 2.73. The van der Waals surface area contributed by atoms with Gasteiger partial charge >= 0.3 is 0 Å². The highest BCUT2D eigenvalue weighted by atomic mass is 32.2. The standard InChI is InChI=1S/C20H27N5O2S/c1-22-17-18(21)23-20(28(27)13-16-10-6-3-7-11-16)24-19(17)25(14-26)12-15-8-4-2-5-9-15/h2,4-5,8-9,14,16,22H,3,6-7,10-13H2,1H3,(H2,21,23,24). The lowest BCUT2D eigenvalue weighted by Crippen LogP contribution is -2.25. The highest BCUT2D eigenvalue weighted by Crippen LogP contribution is 2.31. The van der Waals surface area contributed by atoms with Crippen molar-refractivity contribution in [2.24, 2.45) is 5.92 Å². The van der Waals surface area contributed by atoms with Crippen LogP contribution in [0.15, 0.2) is 35.5 Å². The monoisotopic (exact) mass is 401 g/mol. The van der Waals surface area contributed by atoms with Gasteiger partial charge in [0, 0.05) is 12.8 Å². The molecule has 2 aromatic rings.